The smallest absolute Gasteiger partial charge is 0.366 e. The predicted octanol–water partition coefficient (Wildman–Crippen LogP) is 1.70. The van der Waals surface area contributed by atoms with Gasteiger partial charge in [-0.1, -0.05) is 6.07 Å². The SMILES string of the molecule is O=S(=O)(c1cccs1)N1CC(OCC(F)(F)F)C1. The second-order valence-corrected chi connectivity index (χ2v) is 6.91. The zero-order valence-electron chi connectivity index (χ0n) is 9.05. The maximum absolute atomic E-state index is 11.9. The van der Waals surface area contributed by atoms with Gasteiger partial charge in [0.2, 0.25) is 0 Å². The summed E-state index contributed by atoms with van der Waals surface area (Å²) in [6.07, 6.45) is -5.06. The number of halogens is 3. The molecule has 1 aliphatic rings. The van der Waals surface area contributed by atoms with Gasteiger partial charge >= 0.3 is 6.18 Å². The van der Waals surface area contributed by atoms with Crippen molar-refractivity contribution in [3.63, 3.8) is 0 Å². The van der Waals surface area contributed by atoms with E-state index in [1.165, 1.54) is 6.07 Å². The van der Waals surface area contributed by atoms with E-state index in [0.717, 1.165) is 15.6 Å². The highest BCUT2D eigenvalue weighted by molar-refractivity contribution is 7.91. The molecule has 0 bridgehead atoms. The lowest BCUT2D eigenvalue weighted by Crippen LogP contribution is -2.55. The van der Waals surface area contributed by atoms with Crippen LogP contribution in [-0.2, 0) is 14.8 Å². The lowest BCUT2D eigenvalue weighted by atomic mass is 10.2. The Kier molecular flexibility index (Phi) is 3.67. The number of nitrogens with zero attached hydrogens (tertiary/aromatic N) is 1. The number of hydrogen-bond donors (Lipinski definition) is 0. The molecule has 0 N–H and O–H groups in total. The predicted molar refractivity (Wildman–Crippen MR) is 58.9 cm³/mol. The van der Waals surface area contributed by atoms with E-state index in [1.807, 2.05) is 0 Å². The van der Waals surface area contributed by atoms with E-state index in [-0.39, 0.29) is 17.3 Å². The van der Waals surface area contributed by atoms with Crippen LogP contribution in [0.15, 0.2) is 21.7 Å². The largest absolute Gasteiger partial charge is 0.411 e. The number of ether oxygens (including phenoxy) is 1. The molecular formula is C9H10F3NO3S2. The Morgan fingerprint density at radius 2 is 2.11 bits per heavy atom. The number of sulfonamides is 1. The first-order valence-electron chi connectivity index (χ1n) is 5.01. The molecule has 1 aliphatic heterocycles. The van der Waals surface area contributed by atoms with Crippen LogP contribution in [-0.4, -0.2) is 44.7 Å². The van der Waals surface area contributed by atoms with Gasteiger partial charge in [0.15, 0.2) is 0 Å². The zero-order chi connectivity index (χ0) is 13.4. The van der Waals surface area contributed by atoms with E-state index in [9.17, 15) is 21.6 Å². The van der Waals surface area contributed by atoms with E-state index in [4.69, 9.17) is 0 Å². The summed E-state index contributed by atoms with van der Waals surface area (Å²) >= 11 is 1.08. The zero-order valence-corrected chi connectivity index (χ0v) is 10.7. The summed E-state index contributed by atoms with van der Waals surface area (Å²) in [7, 11) is -3.56. The molecule has 0 aromatic carbocycles. The molecule has 0 amide bonds. The summed E-state index contributed by atoms with van der Waals surface area (Å²) in [5, 5.41) is 1.63. The van der Waals surface area contributed by atoms with Gasteiger partial charge in [0.25, 0.3) is 10.0 Å². The summed E-state index contributed by atoms with van der Waals surface area (Å²) in [5.74, 6) is 0. The monoisotopic (exact) mass is 301 g/mol. The normalized spacial score (nSPS) is 18.8. The van der Waals surface area contributed by atoms with Crippen molar-refractivity contribution in [1.82, 2.24) is 4.31 Å². The van der Waals surface area contributed by atoms with Crippen molar-refractivity contribution in [2.45, 2.75) is 16.5 Å². The summed E-state index contributed by atoms with van der Waals surface area (Å²) in [6, 6.07) is 3.07. The standard InChI is InChI=1S/C9H10F3NO3S2/c10-9(11,12)6-16-7-4-13(5-7)18(14,15)8-2-1-3-17-8/h1-3,7H,4-6H2. The average Bonchev–Trinajstić information content (AvgIpc) is 2.65. The molecule has 2 heterocycles. The molecule has 1 fully saturated rings. The van der Waals surface area contributed by atoms with Gasteiger partial charge in [-0.15, -0.1) is 11.3 Å². The van der Waals surface area contributed by atoms with E-state index in [0.29, 0.717) is 0 Å². The highest BCUT2D eigenvalue weighted by atomic mass is 32.2. The number of hydrogen-bond acceptors (Lipinski definition) is 4. The summed E-state index contributed by atoms with van der Waals surface area (Å²) < 4.78 is 65.2. The van der Waals surface area contributed by atoms with Gasteiger partial charge in [-0.05, 0) is 11.4 Å². The van der Waals surface area contributed by atoms with Crippen molar-refractivity contribution in [2.75, 3.05) is 19.7 Å². The minimum absolute atomic E-state index is 0.0314. The lowest BCUT2D eigenvalue weighted by molar-refractivity contribution is -0.194. The quantitative estimate of drug-likeness (QED) is 0.850. The molecule has 0 spiro atoms. The van der Waals surface area contributed by atoms with Crippen LogP contribution < -0.4 is 0 Å². The first-order valence-corrected chi connectivity index (χ1v) is 7.33. The Labute approximate surface area is 106 Å². The second-order valence-electron chi connectivity index (χ2n) is 3.80. The molecule has 4 nitrogen and oxygen atoms in total. The van der Waals surface area contributed by atoms with E-state index in [2.05, 4.69) is 4.74 Å². The van der Waals surface area contributed by atoms with Crippen LogP contribution >= 0.6 is 11.3 Å². The molecule has 18 heavy (non-hydrogen) atoms. The molecule has 0 saturated carbocycles. The molecule has 0 radical (unpaired) electrons. The highest BCUT2D eigenvalue weighted by Gasteiger charge is 2.40. The molecular weight excluding hydrogens is 291 g/mol. The van der Waals surface area contributed by atoms with Crippen LogP contribution in [0.5, 0.6) is 0 Å². The summed E-state index contributed by atoms with van der Waals surface area (Å²) in [6.45, 7) is -1.41. The molecule has 102 valence electrons. The van der Waals surface area contributed by atoms with Crippen molar-refractivity contribution < 1.29 is 26.3 Å². The van der Waals surface area contributed by atoms with Crippen LogP contribution in [0.25, 0.3) is 0 Å². The number of alkyl halides is 3. The van der Waals surface area contributed by atoms with E-state index in [1.54, 1.807) is 11.4 Å². The van der Waals surface area contributed by atoms with Crippen molar-refractivity contribution in [3.05, 3.63) is 17.5 Å². The summed E-state index contributed by atoms with van der Waals surface area (Å²) in [5.41, 5.74) is 0. The molecule has 0 atom stereocenters. The van der Waals surface area contributed by atoms with Crippen LogP contribution in [0, 0.1) is 0 Å². The molecule has 1 aromatic rings. The Morgan fingerprint density at radius 1 is 1.44 bits per heavy atom. The van der Waals surface area contributed by atoms with Crippen LogP contribution in [0.2, 0.25) is 0 Å². The lowest BCUT2D eigenvalue weighted by Gasteiger charge is -2.37. The van der Waals surface area contributed by atoms with Gasteiger partial charge in [0.05, 0.1) is 6.10 Å². The number of thiophene rings is 1. The molecule has 9 heteroatoms. The molecule has 0 unspecified atom stereocenters. The first-order chi connectivity index (χ1) is 8.29. The van der Waals surface area contributed by atoms with E-state index < -0.39 is 28.9 Å². The molecule has 1 aromatic heterocycles. The maximum Gasteiger partial charge on any atom is 0.411 e. The van der Waals surface area contributed by atoms with Gasteiger partial charge in [-0.3, -0.25) is 0 Å². The Hall–Kier alpha value is -0.640. The minimum atomic E-state index is -4.38. The third-order valence-electron chi connectivity index (χ3n) is 2.39. The highest BCUT2D eigenvalue weighted by Crippen LogP contribution is 2.27. The van der Waals surface area contributed by atoms with Gasteiger partial charge in [-0.25, -0.2) is 8.42 Å². The molecule has 2 rings (SSSR count). The van der Waals surface area contributed by atoms with Gasteiger partial charge in [0, 0.05) is 13.1 Å². The average molecular weight is 301 g/mol. The van der Waals surface area contributed by atoms with Gasteiger partial charge < -0.3 is 4.74 Å². The fraction of sp³-hybridized carbons (Fsp3) is 0.556. The van der Waals surface area contributed by atoms with Crippen molar-refractivity contribution in [3.8, 4) is 0 Å². The second kappa shape index (κ2) is 4.80. The Balaban J connectivity index is 1.86. The van der Waals surface area contributed by atoms with Crippen LogP contribution in [0.1, 0.15) is 0 Å². The first kappa shape index (κ1) is 13.8. The van der Waals surface area contributed by atoms with Gasteiger partial charge in [0.1, 0.15) is 10.8 Å². The number of rotatable bonds is 4. The van der Waals surface area contributed by atoms with Crippen LogP contribution in [0.3, 0.4) is 0 Å². The van der Waals surface area contributed by atoms with Crippen molar-refractivity contribution in [2.24, 2.45) is 0 Å². The molecule has 1 saturated heterocycles. The van der Waals surface area contributed by atoms with Gasteiger partial charge in [-0.2, -0.15) is 17.5 Å². The van der Waals surface area contributed by atoms with Crippen molar-refractivity contribution >= 4 is 21.4 Å². The molecule has 0 aliphatic carbocycles. The maximum atomic E-state index is 11.9. The fourth-order valence-electron chi connectivity index (χ4n) is 1.45. The van der Waals surface area contributed by atoms with Crippen LogP contribution in [0.4, 0.5) is 13.2 Å². The summed E-state index contributed by atoms with van der Waals surface area (Å²) in [4.78, 5) is 0. The van der Waals surface area contributed by atoms with E-state index >= 15 is 0 Å². The third-order valence-corrected chi connectivity index (χ3v) is 5.59. The topological polar surface area (TPSA) is 46.6 Å². The van der Waals surface area contributed by atoms with Crippen molar-refractivity contribution in [1.29, 1.82) is 0 Å². The Morgan fingerprint density at radius 3 is 2.61 bits per heavy atom. The minimum Gasteiger partial charge on any atom is -0.366 e. The third kappa shape index (κ3) is 3.02. The fourth-order valence-corrected chi connectivity index (χ4v) is 4.10. The Bertz CT molecular complexity index is 492.